The zero-order valence-electron chi connectivity index (χ0n) is 18.1. The van der Waals surface area contributed by atoms with Gasteiger partial charge in [0.1, 0.15) is 11.5 Å². The molecule has 2 rings (SSSR count). The van der Waals surface area contributed by atoms with E-state index >= 15 is 0 Å². The summed E-state index contributed by atoms with van der Waals surface area (Å²) in [6, 6.07) is 15.2. The van der Waals surface area contributed by atoms with Crippen LogP contribution in [0.2, 0.25) is 0 Å². The summed E-state index contributed by atoms with van der Waals surface area (Å²) in [6.07, 6.45) is 4.54. The lowest BCUT2D eigenvalue weighted by Gasteiger charge is -2.09. The molecule has 0 radical (unpaired) electrons. The van der Waals surface area contributed by atoms with Crippen LogP contribution in [0, 0.1) is 17.2 Å². The number of nitrogens with zero attached hydrogens (tertiary/aromatic N) is 1. The van der Waals surface area contributed by atoms with Crippen LogP contribution in [0.25, 0.3) is 0 Å². The Morgan fingerprint density at radius 1 is 0.903 bits per heavy atom. The Labute approximate surface area is 183 Å². The summed E-state index contributed by atoms with van der Waals surface area (Å²) < 4.78 is 16.2. The van der Waals surface area contributed by atoms with Crippen LogP contribution in [0.4, 0.5) is 0 Å². The quantitative estimate of drug-likeness (QED) is 0.261. The van der Waals surface area contributed by atoms with Crippen LogP contribution < -0.4 is 9.47 Å². The number of ether oxygens (including phenoxy) is 3. The van der Waals surface area contributed by atoms with Crippen LogP contribution in [0.1, 0.15) is 61.9 Å². The molecule has 0 fully saturated rings. The average molecular weight is 424 g/mol. The summed E-state index contributed by atoms with van der Waals surface area (Å²) in [5.41, 5.74) is 0.926. The van der Waals surface area contributed by atoms with Crippen molar-refractivity contribution in [3.05, 3.63) is 59.7 Å². The van der Waals surface area contributed by atoms with Crippen molar-refractivity contribution in [2.24, 2.45) is 5.92 Å². The van der Waals surface area contributed by atoms with Crippen molar-refractivity contribution in [1.82, 2.24) is 0 Å². The maximum Gasteiger partial charge on any atom is 0.343 e. The number of hydrogen-bond acceptors (Lipinski definition) is 6. The fourth-order valence-electron chi connectivity index (χ4n) is 2.68. The molecule has 0 aliphatic heterocycles. The Kier molecular flexibility index (Phi) is 10.1. The van der Waals surface area contributed by atoms with Gasteiger partial charge in [0.2, 0.25) is 0 Å². The molecule has 2 aromatic carbocycles. The molecule has 0 spiro atoms. The van der Waals surface area contributed by atoms with Gasteiger partial charge in [-0.15, -0.1) is 0 Å². The third kappa shape index (κ3) is 8.51. The number of esters is 2. The van der Waals surface area contributed by atoms with E-state index in [1.54, 1.807) is 48.5 Å². The van der Waals surface area contributed by atoms with Gasteiger partial charge in [0.15, 0.2) is 0 Å². The summed E-state index contributed by atoms with van der Waals surface area (Å²) in [6.45, 7) is 4.92. The van der Waals surface area contributed by atoms with Crippen molar-refractivity contribution in [3.8, 4) is 17.6 Å². The molecular weight excluding hydrogens is 394 g/mol. The van der Waals surface area contributed by atoms with Gasteiger partial charge in [-0.1, -0.05) is 13.8 Å². The lowest BCUT2D eigenvalue weighted by atomic mass is 10.1. The number of benzene rings is 2. The number of unbranched alkanes of at least 4 members (excludes halogenated alkanes) is 3. The van der Waals surface area contributed by atoms with E-state index in [0.29, 0.717) is 35.8 Å². The van der Waals surface area contributed by atoms with E-state index in [1.807, 2.05) is 19.9 Å². The minimum absolute atomic E-state index is 0.0300. The SMILES string of the molecule is CCC(C)C(=O)OCCCCCCOc1ccc(C(=O)Oc2ccc(C#N)cc2)cc1. The molecule has 0 bridgehead atoms. The smallest absolute Gasteiger partial charge is 0.343 e. The zero-order chi connectivity index (χ0) is 22.5. The fraction of sp³-hybridized carbons (Fsp3) is 0.400. The minimum Gasteiger partial charge on any atom is -0.494 e. The fourth-order valence-corrected chi connectivity index (χ4v) is 2.68. The summed E-state index contributed by atoms with van der Waals surface area (Å²) in [5.74, 6) is 0.467. The second-order valence-corrected chi connectivity index (χ2v) is 7.29. The molecule has 31 heavy (non-hydrogen) atoms. The molecule has 1 atom stereocenters. The number of carbonyl (C=O) groups is 2. The maximum absolute atomic E-state index is 12.2. The Bertz CT molecular complexity index is 868. The Morgan fingerprint density at radius 2 is 1.52 bits per heavy atom. The second kappa shape index (κ2) is 13.1. The molecule has 6 nitrogen and oxygen atoms in total. The molecule has 6 heteroatoms. The minimum atomic E-state index is -0.467. The predicted octanol–water partition coefficient (Wildman–Crippen LogP) is 5.31. The first-order chi connectivity index (χ1) is 15.0. The van der Waals surface area contributed by atoms with Crippen molar-refractivity contribution in [1.29, 1.82) is 5.26 Å². The summed E-state index contributed by atoms with van der Waals surface area (Å²) in [4.78, 5) is 23.8. The van der Waals surface area contributed by atoms with Gasteiger partial charge >= 0.3 is 11.9 Å². The van der Waals surface area contributed by atoms with Crippen molar-refractivity contribution in [2.45, 2.75) is 46.0 Å². The van der Waals surface area contributed by atoms with Crippen molar-refractivity contribution in [2.75, 3.05) is 13.2 Å². The van der Waals surface area contributed by atoms with Gasteiger partial charge in [0.25, 0.3) is 0 Å². The number of hydrogen-bond donors (Lipinski definition) is 0. The van der Waals surface area contributed by atoms with Crippen molar-refractivity contribution < 1.29 is 23.8 Å². The van der Waals surface area contributed by atoms with Crippen LogP contribution >= 0.6 is 0 Å². The molecule has 0 aliphatic rings. The highest BCUT2D eigenvalue weighted by Gasteiger charge is 2.11. The molecular formula is C25H29NO5. The average Bonchev–Trinajstić information content (AvgIpc) is 2.80. The summed E-state index contributed by atoms with van der Waals surface area (Å²) in [5, 5.41) is 8.80. The molecule has 2 aromatic rings. The van der Waals surface area contributed by atoms with Crippen LogP contribution in [-0.2, 0) is 9.53 Å². The molecule has 0 heterocycles. The highest BCUT2D eigenvalue weighted by atomic mass is 16.5. The van der Waals surface area contributed by atoms with Gasteiger partial charge < -0.3 is 14.2 Å². The largest absolute Gasteiger partial charge is 0.494 e. The molecule has 0 amide bonds. The monoisotopic (exact) mass is 423 g/mol. The lowest BCUT2D eigenvalue weighted by molar-refractivity contribution is -0.148. The van der Waals surface area contributed by atoms with Crippen molar-refractivity contribution >= 4 is 11.9 Å². The van der Waals surface area contributed by atoms with Crippen molar-refractivity contribution in [3.63, 3.8) is 0 Å². The Balaban J connectivity index is 1.62. The molecule has 0 aliphatic carbocycles. The van der Waals surface area contributed by atoms with E-state index in [0.717, 1.165) is 32.1 Å². The maximum atomic E-state index is 12.2. The first-order valence-electron chi connectivity index (χ1n) is 10.6. The van der Waals surface area contributed by atoms with Gasteiger partial charge in [0.05, 0.1) is 36.3 Å². The van der Waals surface area contributed by atoms with E-state index in [2.05, 4.69) is 0 Å². The summed E-state index contributed by atoms with van der Waals surface area (Å²) in [7, 11) is 0. The van der Waals surface area contributed by atoms with E-state index in [4.69, 9.17) is 19.5 Å². The van der Waals surface area contributed by atoms with Crippen LogP contribution in [0.15, 0.2) is 48.5 Å². The predicted molar refractivity (Wildman–Crippen MR) is 117 cm³/mol. The molecule has 1 unspecified atom stereocenters. The number of carbonyl (C=O) groups excluding carboxylic acids is 2. The third-order valence-corrected chi connectivity index (χ3v) is 4.85. The first kappa shape index (κ1) is 23.9. The van der Waals surface area contributed by atoms with Crippen LogP contribution in [0.5, 0.6) is 11.5 Å². The highest BCUT2D eigenvalue weighted by molar-refractivity contribution is 5.91. The molecule has 0 saturated carbocycles. The Hall–Kier alpha value is -3.33. The van der Waals surface area contributed by atoms with E-state index < -0.39 is 5.97 Å². The normalized spacial score (nSPS) is 11.3. The lowest BCUT2D eigenvalue weighted by Crippen LogP contribution is -2.14. The topological polar surface area (TPSA) is 85.6 Å². The summed E-state index contributed by atoms with van der Waals surface area (Å²) >= 11 is 0. The van der Waals surface area contributed by atoms with Gasteiger partial charge in [0, 0.05) is 0 Å². The van der Waals surface area contributed by atoms with E-state index in [9.17, 15) is 9.59 Å². The standard InChI is InChI=1S/C25H29NO5/c1-3-19(2)24(27)30-17-7-5-4-6-16-29-22-14-10-21(11-15-22)25(28)31-23-12-8-20(18-26)9-13-23/h8-15,19H,3-7,16-17H2,1-2H3. The van der Waals surface area contributed by atoms with E-state index in [-0.39, 0.29) is 11.9 Å². The van der Waals surface area contributed by atoms with Gasteiger partial charge in [-0.25, -0.2) is 4.79 Å². The van der Waals surface area contributed by atoms with Crippen LogP contribution in [-0.4, -0.2) is 25.2 Å². The van der Waals surface area contributed by atoms with Crippen LogP contribution in [0.3, 0.4) is 0 Å². The van der Waals surface area contributed by atoms with Gasteiger partial charge in [-0.3, -0.25) is 4.79 Å². The van der Waals surface area contributed by atoms with Gasteiger partial charge in [-0.2, -0.15) is 5.26 Å². The van der Waals surface area contributed by atoms with Gasteiger partial charge in [-0.05, 0) is 80.6 Å². The molecule has 164 valence electrons. The number of nitriles is 1. The first-order valence-corrected chi connectivity index (χ1v) is 10.6. The molecule has 0 N–H and O–H groups in total. The third-order valence-electron chi connectivity index (χ3n) is 4.85. The van der Waals surface area contributed by atoms with E-state index in [1.165, 1.54) is 0 Å². The Morgan fingerprint density at radius 3 is 2.13 bits per heavy atom. The highest BCUT2D eigenvalue weighted by Crippen LogP contribution is 2.17. The molecule has 0 aromatic heterocycles. The zero-order valence-corrected chi connectivity index (χ0v) is 18.1. The number of rotatable bonds is 12. The second-order valence-electron chi connectivity index (χ2n) is 7.29. The molecule has 0 saturated heterocycles.